The first kappa shape index (κ1) is 68.6. The fraction of sp³-hybridized carbons (Fsp3) is 1.00. The highest BCUT2D eigenvalue weighted by molar-refractivity contribution is 4.99. The highest BCUT2D eigenvalue weighted by Gasteiger charge is 2.59. The molecular weight excluding hydrogens is 1010 g/mol. The summed E-state index contributed by atoms with van der Waals surface area (Å²) >= 11 is 0. The van der Waals surface area contributed by atoms with Crippen molar-refractivity contribution in [1.29, 1.82) is 0 Å². The molecule has 0 unspecified atom stereocenters. The van der Waals surface area contributed by atoms with E-state index >= 15 is 0 Å². The lowest BCUT2D eigenvalue weighted by molar-refractivity contribution is -0.388. The molecule has 0 spiro atoms. The van der Waals surface area contributed by atoms with Gasteiger partial charge in [0.15, 0.2) is 31.5 Å². The molecule has 6 aliphatic heterocycles. The molecule has 432 valence electrons. The van der Waals surface area contributed by atoms with Crippen molar-refractivity contribution in [3.63, 3.8) is 0 Å². The lowest BCUT2D eigenvalue weighted by Gasteiger charge is -2.45. The standard InChI is InChI=1S/C24H42O21.C12H22O11.4H2O/c25-1-6-10(28)14(32)17(35)21(41-6)39-3-8-11(29)15(33)18(36)22(42-8)40-4-9-12(30)16(34)19(37)23(43-9)45-24(5-27)20(38)13(31)7(2-26)44-24;13-1-3-5(14)8(17)10(19)12(23-3)21-2-4-6(15)7(16)9(18)11(20)22-4;;;;/h6-23,25-38H,1-5H2;3-20H,1-2H2;4*1H2/t6-,7-,8-,9-,10+,11+,12-,13-,14+,15+,16+,17-,18-,19-,20+,21+,22+,23-,24+;3-,4-,5+,6-,7+,8+,9-,10-,11-,12+;;;;/m11..../s1. The first-order valence-corrected chi connectivity index (χ1v) is 21.1. The van der Waals surface area contributed by atoms with E-state index in [1.165, 1.54) is 0 Å². The van der Waals surface area contributed by atoms with E-state index in [2.05, 4.69) is 0 Å². The van der Waals surface area contributed by atoms with Crippen LogP contribution in [0.3, 0.4) is 0 Å². The average molecular weight is 1080 g/mol. The van der Waals surface area contributed by atoms with Gasteiger partial charge in [0, 0.05) is 0 Å². The van der Waals surface area contributed by atoms with E-state index in [-0.39, 0.29) is 21.9 Å². The van der Waals surface area contributed by atoms with Gasteiger partial charge in [0.25, 0.3) is 0 Å². The predicted octanol–water partition coefficient (Wildman–Crippen LogP) is -18.4. The van der Waals surface area contributed by atoms with Crippen molar-refractivity contribution in [3.8, 4) is 0 Å². The molecule has 0 saturated carbocycles. The fourth-order valence-electron chi connectivity index (χ4n) is 7.86. The van der Waals surface area contributed by atoms with Gasteiger partial charge in [-0.25, -0.2) is 0 Å². The van der Waals surface area contributed by atoms with E-state index in [1.807, 2.05) is 0 Å². The molecule has 6 rings (SSSR count). The molecule has 0 amide bonds. The molecule has 0 aromatic heterocycles. The summed E-state index contributed by atoms with van der Waals surface area (Å²) in [5, 5.41) is 218. The molecule has 6 saturated heterocycles. The Hall–Kier alpha value is -1.44. The van der Waals surface area contributed by atoms with Gasteiger partial charge in [-0.3, -0.25) is 0 Å². The monoisotopic (exact) mass is 1080 g/mol. The highest BCUT2D eigenvalue weighted by atomic mass is 16.8. The molecule has 6 aliphatic rings. The Balaban J connectivity index is 0.000000816. The molecule has 0 radical (unpaired) electrons. The van der Waals surface area contributed by atoms with Crippen LogP contribution in [-0.2, 0) is 47.4 Å². The summed E-state index contributed by atoms with van der Waals surface area (Å²) < 4.78 is 52.7. The molecule has 0 aliphatic carbocycles. The van der Waals surface area contributed by atoms with Gasteiger partial charge < -0.3 is 182 Å². The Bertz CT molecular complexity index is 1510. The van der Waals surface area contributed by atoms with Gasteiger partial charge in [0.1, 0.15) is 147 Å². The SMILES string of the molecule is O.O.O.O.OC[C@H]1O[C@H](OC[C@H]2O[C@@H](O)[C@H](O)[C@@H](O)[C@@H]2O)[C@H](O)[C@@H](O)[C@H]1O.OC[C@H]1O[C@H](OC[C@H]2O[C@H](OC[C@H]3O[C@H](O[C@]4(CO)O[C@H](CO)[C@@H](O)[C@@H]4O)[C@H](O)[C@@H](O)[C@@H]3O)[C@H](O)[C@@H](O)[C@H]2O)[C@H](O)[C@@H](O)[C@H]1O. The van der Waals surface area contributed by atoms with Gasteiger partial charge in [-0.15, -0.1) is 0 Å². The normalized spacial score (nSPS) is 49.4. The third-order valence-corrected chi connectivity index (χ3v) is 12.2. The smallest absolute Gasteiger partial charge is 0.224 e. The van der Waals surface area contributed by atoms with Gasteiger partial charge in [0.2, 0.25) is 5.79 Å². The molecule has 72 heavy (non-hydrogen) atoms. The van der Waals surface area contributed by atoms with E-state index in [0.717, 1.165) is 0 Å². The molecule has 6 fully saturated rings. The number of hydrogen-bond acceptors (Lipinski definition) is 32. The summed E-state index contributed by atoms with van der Waals surface area (Å²) in [6.45, 7) is -5.12. The van der Waals surface area contributed by atoms with E-state index < -0.39 is 224 Å². The van der Waals surface area contributed by atoms with Crippen LogP contribution in [0.5, 0.6) is 0 Å². The molecule has 30 N–H and O–H groups in total. The largest absolute Gasteiger partial charge is 0.412 e. The minimum Gasteiger partial charge on any atom is -0.412 e. The van der Waals surface area contributed by atoms with E-state index in [4.69, 9.17) is 52.5 Å². The van der Waals surface area contributed by atoms with Crippen LogP contribution in [0.15, 0.2) is 0 Å². The molecule has 36 heteroatoms. The third-order valence-electron chi connectivity index (χ3n) is 12.2. The number of hydrogen-bond donors (Lipinski definition) is 22. The molecule has 29 atom stereocenters. The fourth-order valence-corrected chi connectivity index (χ4v) is 7.86. The van der Waals surface area contributed by atoms with E-state index in [0.29, 0.717) is 0 Å². The lowest BCUT2D eigenvalue weighted by Crippen LogP contribution is -2.64. The molecule has 36 nitrogen and oxygen atoms in total. The van der Waals surface area contributed by atoms with Crippen molar-refractivity contribution in [1.82, 2.24) is 0 Å². The van der Waals surface area contributed by atoms with Crippen LogP contribution in [0.4, 0.5) is 0 Å². The maximum atomic E-state index is 10.5. The summed E-state index contributed by atoms with van der Waals surface area (Å²) in [5.74, 6) is -2.43. The molecule has 6 heterocycles. The topological polar surface area (TPSA) is 663 Å². The number of rotatable bonds is 15. The van der Waals surface area contributed by atoms with Crippen LogP contribution in [0.25, 0.3) is 0 Å². The van der Waals surface area contributed by atoms with Crippen molar-refractivity contribution < 1.29 is 182 Å². The van der Waals surface area contributed by atoms with Crippen molar-refractivity contribution in [2.75, 3.05) is 46.2 Å². The van der Waals surface area contributed by atoms with E-state index in [1.54, 1.807) is 0 Å². The maximum Gasteiger partial charge on any atom is 0.224 e. The second-order valence-corrected chi connectivity index (χ2v) is 16.8. The Morgan fingerprint density at radius 2 is 0.597 bits per heavy atom. The van der Waals surface area contributed by atoms with Crippen molar-refractivity contribution in [3.05, 3.63) is 0 Å². The number of aliphatic hydroxyl groups is 22. The third kappa shape index (κ3) is 14.6. The lowest BCUT2D eigenvalue weighted by atomic mass is 9.98. The van der Waals surface area contributed by atoms with Crippen molar-refractivity contribution in [2.24, 2.45) is 0 Å². The highest BCUT2D eigenvalue weighted by Crippen LogP contribution is 2.37. The first-order chi connectivity index (χ1) is 32.0. The first-order valence-electron chi connectivity index (χ1n) is 21.1. The van der Waals surface area contributed by atoms with Crippen LogP contribution in [-0.4, -0.2) is 358 Å². The Labute approximate surface area is 405 Å². The quantitative estimate of drug-likeness (QED) is 0.0724. The van der Waals surface area contributed by atoms with Crippen LogP contribution in [0.2, 0.25) is 0 Å². The zero-order chi connectivity index (χ0) is 50.7. The summed E-state index contributed by atoms with van der Waals surface area (Å²) in [6, 6.07) is 0. The minimum absolute atomic E-state index is 0. The molecule has 0 aromatic carbocycles. The van der Waals surface area contributed by atoms with Gasteiger partial charge in [-0.05, 0) is 0 Å². The zero-order valence-electron chi connectivity index (χ0n) is 37.5. The van der Waals surface area contributed by atoms with E-state index in [9.17, 15) is 107 Å². The summed E-state index contributed by atoms with van der Waals surface area (Å²) in [6.07, 6.45) is -46.7. The Kier molecular flexibility index (Phi) is 27.9. The summed E-state index contributed by atoms with van der Waals surface area (Å²) in [5.41, 5.74) is 0. The van der Waals surface area contributed by atoms with Crippen LogP contribution < -0.4 is 0 Å². The Morgan fingerprint density at radius 1 is 0.306 bits per heavy atom. The van der Waals surface area contributed by atoms with Crippen LogP contribution in [0.1, 0.15) is 0 Å². The second-order valence-electron chi connectivity index (χ2n) is 16.8. The molecule has 0 aromatic rings. The van der Waals surface area contributed by atoms with Crippen molar-refractivity contribution >= 4 is 0 Å². The van der Waals surface area contributed by atoms with Crippen LogP contribution >= 0.6 is 0 Å². The zero-order valence-corrected chi connectivity index (χ0v) is 37.5. The molecular formula is C36H72O36. The minimum atomic E-state index is -2.43. The van der Waals surface area contributed by atoms with Gasteiger partial charge in [-0.1, -0.05) is 0 Å². The molecule has 0 bridgehead atoms. The average Bonchev–Trinajstić information content (AvgIpc) is 3.57. The van der Waals surface area contributed by atoms with Crippen LogP contribution in [0, 0.1) is 0 Å². The summed E-state index contributed by atoms with van der Waals surface area (Å²) in [7, 11) is 0. The second kappa shape index (κ2) is 29.3. The maximum absolute atomic E-state index is 10.5. The van der Waals surface area contributed by atoms with Gasteiger partial charge >= 0.3 is 0 Å². The van der Waals surface area contributed by atoms with Gasteiger partial charge in [0.05, 0.1) is 39.6 Å². The predicted molar refractivity (Wildman–Crippen MR) is 217 cm³/mol. The number of ether oxygens (including phenoxy) is 10. The number of aliphatic hydroxyl groups excluding tert-OH is 22. The Morgan fingerprint density at radius 3 is 0.931 bits per heavy atom. The van der Waals surface area contributed by atoms with Crippen molar-refractivity contribution in [2.45, 2.75) is 178 Å². The summed E-state index contributed by atoms with van der Waals surface area (Å²) in [4.78, 5) is 0. The van der Waals surface area contributed by atoms with Gasteiger partial charge in [-0.2, -0.15) is 0 Å².